The average molecular weight is 235 g/mol. The van der Waals surface area contributed by atoms with Crippen LogP contribution in [0, 0.1) is 17.8 Å². The third-order valence-corrected chi connectivity index (χ3v) is 4.40. The summed E-state index contributed by atoms with van der Waals surface area (Å²) >= 11 is 0. The van der Waals surface area contributed by atoms with E-state index in [0.717, 1.165) is 11.4 Å². The van der Waals surface area contributed by atoms with Crippen LogP contribution in [0.25, 0.3) is 0 Å². The molecular weight excluding hydrogens is 214 g/mol. The molecule has 0 spiro atoms. The maximum Gasteiger partial charge on any atom is 0.239 e. The van der Waals surface area contributed by atoms with E-state index in [-0.39, 0.29) is 10.8 Å². The maximum absolute atomic E-state index is 5.32. The van der Waals surface area contributed by atoms with E-state index < -0.39 is 0 Å². The number of anilines is 2. The molecule has 0 amide bonds. The summed E-state index contributed by atoms with van der Waals surface area (Å²) < 4.78 is 0. The van der Waals surface area contributed by atoms with E-state index in [1.807, 2.05) is 6.92 Å². The molecule has 1 aliphatic rings. The molecule has 5 heteroatoms. The van der Waals surface area contributed by atoms with Crippen LogP contribution < -0.4 is 16.6 Å². The first-order chi connectivity index (χ1) is 7.80. The number of nitrogens with zero attached hydrogens (tertiary/aromatic N) is 2. The first-order valence-corrected chi connectivity index (χ1v) is 5.87. The summed E-state index contributed by atoms with van der Waals surface area (Å²) in [6.45, 7) is 11.1. The number of aromatic nitrogens is 2. The highest BCUT2D eigenvalue weighted by molar-refractivity contribution is 5.49. The van der Waals surface area contributed by atoms with Gasteiger partial charge in [0.1, 0.15) is 5.82 Å². The van der Waals surface area contributed by atoms with Gasteiger partial charge in [0.2, 0.25) is 5.95 Å². The Morgan fingerprint density at radius 1 is 1.24 bits per heavy atom. The van der Waals surface area contributed by atoms with Crippen molar-refractivity contribution >= 4 is 11.8 Å². The van der Waals surface area contributed by atoms with Gasteiger partial charge in [-0.05, 0) is 17.8 Å². The lowest BCUT2D eigenvalue weighted by Gasteiger charge is -2.11. The Labute approximate surface area is 102 Å². The Morgan fingerprint density at radius 3 is 2.29 bits per heavy atom. The molecule has 1 fully saturated rings. The number of nitrogen functional groups attached to an aromatic ring is 1. The highest BCUT2D eigenvalue weighted by Gasteiger charge is 2.65. The second-order valence-corrected chi connectivity index (χ2v) is 5.89. The van der Waals surface area contributed by atoms with Crippen LogP contribution in [0.5, 0.6) is 0 Å². The van der Waals surface area contributed by atoms with E-state index in [1.54, 1.807) is 6.20 Å². The predicted molar refractivity (Wildman–Crippen MR) is 69.6 cm³/mol. The summed E-state index contributed by atoms with van der Waals surface area (Å²) in [6.07, 6.45) is 1.77. The van der Waals surface area contributed by atoms with Gasteiger partial charge in [-0.15, -0.1) is 0 Å². The zero-order valence-electron chi connectivity index (χ0n) is 11.1. The molecule has 0 radical (unpaired) electrons. The molecule has 94 valence electrons. The van der Waals surface area contributed by atoms with Crippen LogP contribution in [0.15, 0.2) is 6.20 Å². The Kier molecular flexibility index (Phi) is 2.54. The maximum atomic E-state index is 5.32. The lowest BCUT2D eigenvalue weighted by molar-refractivity contribution is 0.457. The fraction of sp³-hybridized carbons (Fsp3) is 0.667. The number of nitrogens with two attached hydrogens (primary N) is 1. The van der Waals surface area contributed by atoms with Crippen LogP contribution in [-0.2, 0) is 0 Å². The van der Waals surface area contributed by atoms with Crippen molar-refractivity contribution in [2.75, 3.05) is 10.7 Å². The van der Waals surface area contributed by atoms with Gasteiger partial charge in [0.05, 0.1) is 0 Å². The van der Waals surface area contributed by atoms with Crippen molar-refractivity contribution in [1.82, 2.24) is 9.97 Å². The Morgan fingerprint density at radius 2 is 1.82 bits per heavy atom. The molecule has 0 unspecified atom stereocenters. The Balaban J connectivity index is 2.21. The van der Waals surface area contributed by atoms with Gasteiger partial charge in [0.25, 0.3) is 0 Å². The van der Waals surface area contributed by atoms with Crippen molar-refractivity contribution in [3.05, 3.63) is 11.8 Å². The van der Waals surface area contributed by atoms with Gasteiger partial charge in [-0.1, -0.05) is 27.7 Å². The van der Waals surface area contributed by atoms with Crippen molar-refractivity contribution in [3.63, 3.8) is 0 Å². The van der Waals surface area contributed by atoms with Crippen molar-refractivity contribution in [3.8, 4) is 0 Å². The number of hydrogen-bond donors (Lipinski definition) is 3. The molecule has 5 nitrogen and oxygen atoms in total. The van der Waals surface area contributed by atoms with Gasteiger partial charge >= 0.3 is 0 Å². The fourth-order valence-corrected chi connectivity index (χ4v) is 2.35. The van der Waals surface area contributed by atoms with Crippen molar-refractivity contribution in [2.45, 2.75) is 40.7 Å². The van der Waals surface area contributed by atoms with Crippen LogP contribution in [-0.4, -0.2) is 16.0 Å². The van der Waals surface area contributed by atoms with E-state index >= 15 is 0 Å². The molecule has 4 N–H and O–H groups in total. The first kappa shape index (κ1) is 12.1. The van der Waals surface area contributed by atoms with Gasteiger partial charge in [-0.2, -0.15) is 4.98 Å². The molecule has 1 aromatic heterocycles. The Hall–Kier alpha value is -1.36. The quantitative estimate of drug-likeness (QED) is 0.551. The summed E-state index contributed by atoms with van der Waals surface area (Å²) in [4.78, 5) is 8.41. The molecule has 1 heterocycles. The minimum Gasteiger partial charge on any atom is -0.366 e. The zero-order valence-corrected chi connectivity index (χ0v) is 11.1. The van der Waals surface area contributed by atoms with Crippen LogP contribution in [0.4, 0.5) is 11.8 Å². The summed E-state index contributed by atoms with van der Waals surface area (Å²) in [5.41, 5.74) is 4.05. The minimum absolute atomic E-state index is 0.278. The van der Waals surface area contributed by atoms with E-state index in [9.17, 15) is 0 Å². The second kappa shape index (κ2) is 3.57. The number of aryl methyl sites for hydroxylation is 1. The number of hydrogen-bond acceptors (Lipinski definition) is 5. The smallest absolute Gasteiger partial charge is 0.239 e. The van der Waals surface area contributed by atoms with Gasteiger partial charge < -0.3 is 5.32 Å². The topological polar surface area (TPSA) is 75.9 Å². The summed E-state index contributed by atoms with van der Waals surface area (Å²) in [5.74, 6) is 6.62. The zero-order chi connectivity index (χ0) is 12.8. The van der Waals surface area contributed by atoms with Crippen LogP contribution in [0.2, 0.25) is 0 Å². The molecule has 0 atom stereocenters. The normalized spacial score (nSPS) is 21.1. The molecule has 1 saturated carbocycles. The van der Waals surface area contributed by atoms with Crippen molar-refractivity contribution in [1.29, 1.82) is 0 Å². The van der Waals surface area contributed by atoms with Gasteiger partial charge in [-0.25, -0.2) is 10.8 Å². The lowest BCUT2D eigenvalue weighted by atomic mass is 10.0. The molecule has 1 aromatic rings. The Bertz CT molecular complexity index is 425. The molecule has 0 aliphatic heterocycles. The van der Waals surface area contributed by atoms with E-state index in [4.69, 9.17) is 5.84 Å². The molecule has 17 heavy (non-hydrogen) atoms. The summed E-state index contributed by atoms with van der Waals surface area (Å²) in [7, 11) is 0. The van der Waals surface area contributed by atoms with E-state index in [2.05, 4.69) is 48.4 Å². The van der Waals surface area contributed by atoms with Crippen LogP contribution in [0.1, 0.15) is 33.3 Å². The number of hydrazine groups is 1. The summed E-state index contributed by atoms with van der Waals surface area (Å²) in [5, 5.41) is 3.49. The largest absolute Gasteiger partial charge is 0.366 e. The van der Waals surface area contributed by atoms with Crippen LogP contribution in [0.3, 0.4) is 0 Å². The molecule has 1 aliphatic carbocycles. The van der Waals surface area contributed by atoms with E-state index in [1.165, 1.54) is 0 Å². The van der Waals surface area contributed by atoms with Crippen LogP contribution >= 0.6 is 0 Å². The fourth-order valence-electron chi connectivity index (χ4n) is 2.35. The lowest BCUT2D eigenvalue weighted by Crippen LogP contribution is -2.16. The van der Waals surface area contributed by atoms with Crippen molar-refractivity contribution in [2.24, 2.45) is 16.7 Å². The first-order valence-electron chi connectivity index (χ1n) is 5.87. The van der Waals surface area contributed by atoms with Crippen molar-refractivity contribution < 1.29 is 0 Å². The average Bonchev–Trinajstić information content (AvgIpc) is 2.64. The number of rotatable bonds is 3. The van der Waals surface area contributed by atoms with Gasteiger partial charge in [0, 0.05) is 17.8 Å². The molecule has 0 bridgehead atoms. The third-order valence-electron chi connectivity index (χ3n) is 4.40. The molecular formula is C12H21N5. The highest BCUT2D eigenvalue weighted by Crippen LogP contribution is 2.63. The third kappa shape index (κ3) is 1.74. The monoisotopic (exact) mass is 235 g/mol. The molecule has 0 aromatic carbocycles. The predicted octanol–water partition coefficient (Wildman–Crippen LogP) is 1.92. The summed E-state index contributed by atoms with van der Waals surface area (Å²) in [6, 6.07) is 0.425. The number of nitrogens with one attached hydrogen (secondary N) is 2. The van der Waals surface area contributed by atoms with Gasteiger partial charge in [0.15, 0.2) is 0 Å². The standard InChI is InChI=1S/C12H21N5/c1-7-6-14-10(17-13)16-8(7)15-9-11(2,3)12(9,4)5/h6,9H,13H2,1-5H3,(H2,14,15,16,17). The molecule has 0 saturated heterocycles. The minimum atomic E-state index is 0.278. The molecule has 2 rings (SSSR count). The van der Waals surface area contributed by atoms with Gasteiger partial charge in [-0.3, -0.25) is 5.43 Å². The highest BCUT2D eigenvalue weighted by atomic mass is 15.3. The van der Waals surface area contributed by atoms with E-state index in [0.29, 0.717) is 12.0 Å². The SMILES string of the molecule is Cc1cnc(NN)nc1NC1C(C)(C)C1(C)C. The second-order valence-electron chi connectivity index (χ2n) is 5.89.